The molecule has 4 rings (SSSR count). The van der Waals surface area contributed by atoms with Gasteiger partial charge in [0.2, 0.25) is 5.91 Å². The molecule has 3 aromatic carbocycles. The first-order valence-corrected chi connectivity index (χ1v) is 9.34. The lowest BCUT2D eigenvalue weighted by molar-refractivity contribution is -0.119. The lowest BCUT2D eigenvalue weighted by atomic mass is 10.1. The maximum absolute atomic E-state index is 12.7. The van der Waals surface area contributed by atoms with Crippen LogP contribution >= 0.6 is 0 Å². The van der Waals surface area contributed by atoms with Crippen LogP contribution in [-0.4, -0.2) is 31.5 Å². The molecule has 1 heterocycles. The molecule has 0 atom stereocenters. The highest BCUT2D eigenvalue weighted by atomic mass is 16.5. The van der Waals surface area contributed by atoms with Crippen molar-refractivity contribution in [2.45, 2.75) is 13.8 Å². The van der Waals surface area contributed by atoms with Crippen LogP contribution in [0.5, 0.6) is 5.75 Å². The van der Waals surface area contributed by atoms with Gasteiger partial charge in [0.1, 0.15) is 18.9 Å². The minimum atomic E-state index is -0.206. The van der Waals surface area contributed by atoms with E-state index in [1.54, 1.807) is 0 Å². The number of anilines is 1. The predicted molar refractivity (Wildman–Crippen MR) is 110 cm³/mol. The van der Waals surface area contributed by atoms with Crippen LogP contribution in [0.3, 0.4) is 0 Å². The van der Waals surface area contributed by atoms with E-state index in [0.29, 0.717) is 18.7 Å². The summed E-state index contributed by atoms with van der Waals surface area (Å²) in [7, 11) is 0. The predicted octanol–water partition coefficient (Wildman–Crippen LogP) is 3.61. The number of hydrogen-bond acceptors (Lipinski definition) is 3. The first-order chi connectivity index (χ1) is 13.5. The van der Waals surface area contributed by atoms with E-state index >= 15 is 0 Å². The number of rotatable bonds is 6. The fraction of sp³-hybridized carbons (Fsp3) is 0.217. The molecular weight excluding hydrogens is 352 g/mol. The van der Waals surface area contributed by atoms with E-state index in [2.05, 4.69) is 11.4 Å². The summed E-state index contributed by atoms with van der Waals surface area (Å²) in [5.41, 5.74) is 3.72. The fourth-order valence-electron chi connectivity index (χ4n) is 3.71. The van der Waals surface area contributed by atoms with E-state index in [1.807, 2.05) is 62.4 Å². The SMILES string of the molecule is Cc1cc(C)cc(OCCNC(=O)CN2C(=O)c3cccc4cccc2c34)c1. The molecule has 1 aliphatic rings. The Hall–Kier alpha value is -3.34. The Morgan fingerprint density at radius 2 is 1.75 bits per heavy atom. The third-order valence-corrected chi connectivity index (χ3v) is 4.84. The van der Waals surface area contributed by atoms with Gasteiger partial charge in [0, 0.05) is 10.9 Å². The molecule has 0 radical (unpaired) electrons. The first-order valence-electron chi connectivity index (χ1n) is 9.34. The summed E-state index contributed by atoms with van der Waals surface area (Å²) >= 11 is 0. The lowest BCUT2D eigenvalue weighted by Gasteiger charge is -2.17. The van der Waals surface area contributed by atoms with Crippen molar-refractivity contribution >= 4 is 28.3 Å². The molecule has 1 aliphatic heterocycles. The summed E-state index contributed by atoms with van der Waals surface area (Å²) in [5.74, 6) is 0.458. The Morgan fingerprint density at radius 1 is 1.04 bits per heavy atom. The maximum atomic E-state index is 12.7. The Kier molecular flexibility index (Phi) is 4.74. The van der Waals surface area contributed by atoms with Gasteiger partial charge in [0.15, 0.2) is 0 Å². The minimum absolute atomic E-state index is 0.00379. The van der Waals surface area contributed by atoms with E-state index in [-0.39, 0.29) is 18.4 Å². The topological polar surface area (TPSA) is 58.6 Å². The summed E-state index contributed by atoms with van der Waals surface area (Å²) in [6.45, 7) is 4.79. The molecule has 142 valence electrons. The number of benzene rings is 3. The Labute approximate surface area is 163 Å². The summed E-state index contributed by atoms with van der Waals surface area (Å²) in [5, 5.41) is 4.76. The van der Waals surface area contributed by atoms with Gasteiger partial charge in [0.25, 0.3) is 5.91 Å². The molecular formula is C23H22N2O3. The number of ether oxygens (including phenoxy) is 1. The normalized spacial score (nSPS) is 12.5. The molecule has 0 saturated carbocycles. The zero-order valence-corrected chi connectivity index (χ0v) is 16.0. The van der Waals surface area contributed by atoms with Gasteiger partial charge in [-0.25, -0.2) is 0 Å². The van der Waals surface area contributed by atoms with E-state index in [4.69, 9.17) is 4.74 Å². The van der Waals surface area contributed by atoms with Crippen molar-refractivity contribution < 1.29 is 14.3 Å². The number of amides is 2. The average Bonchev–Trinajstić information content (AvgIpc) is 2.93. The highest BCUT2D eigenvalue weighted by Crippen LogP contribution is 2.36. The Bertz CT molecular complexity index is 1050. The fourth-order valence-corrected chi connectivity index (χ4v) is 3.71. The van der Waals surface area contributed by atoms with Crippen molar-refractivity contribution in [1.82, 2.24) is 5.32 Å². The largest absolute Gasteiger partial charge is 0.492 e. The first kappa shape index (κ1) is 18.0. The molecule has 0 fully saturated rings. The van der Waals surface area contributed by atoms with E-state index in [0.717, 1.165) is 33.3 Å². The molecule has 0 bridgehead atoms. The molecule has 0 aromatic heterocycles. The molecule has 28 heavy (non-hydrogen) atoms. The quantitative estimate of drug-likeness (QED) is 0.671. The van der Waals surface area contributed by atoms with Gasteiger partial charge in [-0.05, 0) is 54.6 Å². The van der Waals surface area contributed by atoms with Gasteiger partial charge in [0.05, 0.1) is 12.2 Å². The summed E-state index contributed by atoms with van der Waals surface area (Å²) < 4.78 is 5.71. The van der Waals surface area contributed by atoms with Crippen molar-refractivity contribution in [3.05, 3.63) is 71.3 Å². The number of aryl methyl sites for hydroxylation is 2. The van der Waals surface area contributed by atoms with E-state index in [1.165, 1.54) is 4.90 Å². The summed E-state index contributed by atoms with van der Waals surface area (Å²) in [6, 6.07) is 17.4. The number of nitrogens with one attached hydrogen (secondary N) is 1. The minimum Gasteiger partial charge on any atom is -0.492 e. The standard InChI is InChI=1S/C23H22N2O3/c1-15-11-16(2)13-18(12-15)28-10-9-24-21(26)14-25-20-8-4-6-17-5-3-7-19(22(17)20)23(25)27/h3-8,11-13H,9-10,14H2,1-2H3,(H,24,26). The Morgan fingerprint density at radius 3 is 2.50 bits per heavy atom. The van der Waals surface area contributed by atoms with Gasteiger partial charge in [-0.15, -0.1) is 0 Å². The molecule has 5 heteroatoms. The van der Waals surface area contributed by atoms with Crippen molar-refractivity contribution in [3.8, 4) is 5.75 Å². The van der Waals surface area contributed by atoms with Crippen LogP contribution in [0.25, 0.3) is 10.8 Å². The number of carbonyl (C=O) groups is 2. The monoisotopic (exact) mass is 374 g/mol. The van der Waals surface area contributed by atoms with Crippen LogP contribution in [0.4, 0.5) is 5.69 Å². The van der Waals surface area contributed by atoms with Crippen LogP contribution in [0, 0.1) is 13.8 Å². The second-order valence-corrected chi connectivity index (χ2v) is 7.09. The highest BCUT2D eigenvalue weighted by molar-refractivity contribution is 6.26. The van der Waals surface area contributed by atoms with Crippen LogP contribution < -0.4 is 15.0 Å². The third-order valence-electron chi connectivity index (χ3n) is 4.84. The molecule has 5 nitrogen and oxygen atoms in total. The van der Waals surface area contributed by atoms with Gasteiger partial charge in [-0.1, -0.05) is 30.3 Å². The van der Waals surface area contributed by atoms with Gasteiger partial charge in [-0.2, -0.15) is 0 Å². The molecule has 1 N–H and O–H groups in total. The smallest absolute Gasteiger partial charge is 0.259 e. The van der Waals surface area contributed by atoms with Crippen molar-refractivity contribution in [1.29, 1.82) is 0 Å². The van der Waals surface area contributed by atoms with Crippen molar-refractivity contribution in [3.63, 3.8) is 0 Å². The van der Waals surface area contributed by atoms with Crippen LogP contribution in [0.15, 0.2) is 54.6 Å². The third kappa shape index (κ3) is 3.43. The van der Waals surface area contributed by atoms with Gasteiger partial charge >= 0.3 is 0 Å². The zero-order valence-electron chi connectivity index (χ0n) is 16.0. The number of nitrogens with zero attached hydrogens (tertiary/aromatic N) is 1. The highest BCUT2D eigenvalue weighted by Gasteiger charge is 2.30. The second-order valence-electron chi connectivity index (χ2n) is 7.09. The van der Waals surface area contributed by atoms with Gasteiger partial charge < -0.3 is 10.1 Å². The average molecular weight is 374 g/mol. The van der Waals surface area contributed by atoms with Crippen LogP contribution in [-0.2, 0) is 4.79 Å². The number of hydrogen-bond donors (Lipinski definition) is 1. The second kappa shape index (κ2) is 7.35. The molecule has 2 amide bonds. The van der Waals surface area contributed by atoms with E-state index in [9.17, 15) is 9.59 Å². The van der Waals surface area contributed by atoms with Crippen molar-refractivity contribution in [2.75, 3.05) is 24.6 Å². The molecule has 3 aromatic rings. The molecule has 0 aliphatic carbocycles. The Balaban J connectivity index is 1.35. The number of carbonyl (C=O) groups excluding carboxylic acids is 2. The van der Waals surface area contributed by atoms with Gasteiger partial charge in [-0.3, -0.25) is 14.5 Å². The maximum Gasteiger partial charge on any atom is 0.259 e. The van der Waals surface area contributed by atoms with Crippen LogP contribution in [0.1, 0.15) is 21.5 Å². The molecule has 0 unspecified atom stereocenters. The molecule has 0 spiro atoms. The van der Waals surface area contributed by atoms with Crippen LogP contribution in [0.2, 0.25) is 0 Å². The lowest BCUT2D eigenvalue weighted by Crippen LogP contribution is -2.40. The van der Waals surface area contributed by atoms with Crippen molar-refractivity contribution in [2.24, 2.45) is 0 Å². The van der Waals surface area contributed by atoms with E-state index < -0.39 is 0 Å². The molecule has 0 saturated heterocycles. The zero-order chi connectivity index (χ0) is 19.7. The summed E-state index contributed by atoms with van der Waals surface area (Å²) in [4.78, 5) is 26.6. The summed E-state index contributed by atoms with van der Waals surface area (Å²) in [6.07, 6.45) is 0.